The third-order valence-electron chi connectivity index (χ3n) is 7.79. The lowest BCUT2D eigenvalue weighted by molar-refractivity contribution is -0.118. The molecule has 2 aliphatic rings. The molecule has 4 aromatic rings. The van der Waals surface area contributed by atoms with Gasteiger partial charge in [0, 0.05) is 69.9 Å². The first-order valence-electron chi connectivity index (χ1n) is 14.3. The molecule has 218 valence electrons. The Bertz CT molecular complexity index is 1610. The van der Waals surface area contributed by atoms with Crippen LogP contribution in [0.5, 0.6) is 11.5 Å². The normalized spacial score (nSPS) is 15.0. The van der Waals surface area contributed by atoms with Crippen molar-refractivity contribution in [2.45, 2.75) is 19.3 Å². The number of fused-ring (bicyclic) bond motifs is 2. The average molecular weight is 570 g/mol. The van der Waals surface area contributed by atoms with Gasteiger partial charge < -0.3 is 29.6 Å². The van der Waals surface area contributed by atoms with Crippen LogP contribution >= 0.6 is 0 Å². The fraction of sp³-hybridized carbons (Fsp3) is 0.355. The summed E-state index contributed by atoms with van der Waals surface area (Å²) in [7, 11) is 3.51. The number of nitrogens with one attached hydrogen (secondary N) is 2. The molecule has 42 heavy (non-hydrogen) atoms. The minimum Gasteiger partial charge on any atom is -0.457 e. The Labute approximate surface area is 244 Å². The van der Waals surface area contributed by atoms with Gasteiger partial charge in [-0.1, -0.05) is 6.07 Å². The molecule has 2 aliphatic heterocycles. The van der Waals surface area contributed by atoms with Crippen LogP contribution in [-0.4, -0.2) is 77.7 Å². The number of amides is 2. The third-order valence-corrected chi connectivity index (χ3v) is 7.79. The molecule has 0 spiro atoms. The molecular formula is C31H35N7O4. The van der Waals surface area contributed by atoms with E-state index < -0.39 is 0 Å². The molecule has 1 saturated heterocycles. The average Bonchev–Trinajstić information content (AvgIpc) is 3.57. The predicted molar refractivity (Wildman–Crippen MR) is 161 cm³/mol. The molecule has 6 rings (SSSR count). The number of hydrogen-bond acceptors (Lipinski definition) is 8. The Balaban J connectivity index is 1.14. The third kappa shape index (κ3) is 5.93. The highest BCUT2D eigenvalue weighted by atomic mass is 16.5. The summed E-state index contributed by atoms with van der Waals surface area (Å²) >= 11 is 0. The first-order valence-corrected chi connectivity index (χ1v) is 14.3. The molecule has 11 nitrogen and oxygen atoms in total. The second-order valence-electron chi connectivity index (χ2n) is 10.5. The molecule has 4 heterocycles. The summed E-state index contributed by atoms with van der Waals surface area (Å²) < 4.78 is 13.4. The van der Waals surface area contributed by atoms with Gasteiger partial charge in [0.1, 0.15) is 17.2 Å². The van der Waals surface area contributed by atoms with Crippen LogP contribution in [0.4, 0.5) is 17.3 Å². The molecule has 0 saturated carbocycles. The Morgan fingerprint density at radius 1 is 1.02 bits per heavy atom. The summed E-state index contributed by atoms with van der Waals surface area (Å²) in [5, 5.41) is 6.00. The molecular weight excluding hydrogens is 534 g/mol. The second kappa shape index (κ2) is 12.2. The van der Waals surface area contributed by atoms with E-state index in [0.29, 0.717) is 30.4 Å². The van der Waals surface area contributed by atoms with Gasteiger partial charge in [-0.3, -0.25) is 19.5 Å². The van der Waals surface area contributed by atoms with Gasteiger partial charge in [0.15, 0.2) is 0 Å². The van der Waals surface area contributed by atoms with Crippen molar-refractivity contribution in [1.29, 1.82) is 0 Å². The monoisotopic (exact) mass is 569 g/mol. The van der Waals surface area contributed by atoms with Gasteiger partial charge in [-0.15, -0.1) is 0 Å². The van der Waals surface area contributed by atoms with Gasteiger partial charge in [0.05, 0.1) is 24.2 Å². The van der Waals surface area contributed by atoms with Crippen LogP contribution in [0.15, 0.2) is 54.7 Å². The molecule has 0 atom stereocenters. The lowest BCUT2D eigenvalue weighted by Gasteiger charge is -2.26. The van der Waals surface area contributed by atoms with Gasteiger partial charge >= 0.3 is 0 Å². The highest BCUT2D eigenvalue weighted by Crippen LogP contribution is 2.33. The number of carbonyl (C=O) groups is 2. The number of pyridine rings is 1. The zero-order valence-electron chi connectivity index (χ0n) is 23.9. The largest absolute Gasteiger partial charge is 0.457 e. The molecule has 0 bridgehead atoms. The van der Waals surface area contributed by atoms with Crippen LogP contribution < -0.4 is 20.3 Å². The highest BCUT2D eigenvalue weighted by molar-refractivity contribution is 5.96. The fourth-order valence-electron chi connectivity index (χ4n) is 5.48. The smallest absolute Gasteiger partial charge is 0.269 e. The van der Waals surface area contributed by atoms with Gasteiger partial charge in [-0.05, 0) is 55.3 Å². The number of aryl methyl sites for hydroxylation is 1. The van der Waals surface area contributed by atoms with E-state index in [1.165, 1.54) is 11.8 Å². The van der Waals surface area contributed by atoms with Crippen LogP contribution in [0.2, 0.25) is 0 Å². The molecule has 0 radical (unpaired) electrons. The van der Waals surface area contributed by atoms with Crippen LogP contribution in [-0.2, 0) is 23.0 Å². The lowest BCUT2D eigenvalue weighted by Crippen LogP contribution is -2.37. The number of rotatable bonds is 9. The van der Waals surface area contributed by atoms with Crippen LogP contribution in [0.1, 0.15) is 28.9 Å². The van der Waals surface area contributed by atoms with Crippen molar-refractivity contribution in [3.63, 3.8) is 0 Å². The SMILES string of the molecule is CNC(=O)c1cc(Oc2ccc3c(c2)nc(Nc2ccc4c(c2)N(C(=O)CCCN2CCOCC2)CC4)n3C)ccn1. The number of hydrogen-bond donors (Lipinski definition) is 2. The number of nitrogens with zero attached hydrogens (tertiary/aromatic N) is 5. The van der Waals surface area contributed by atoms with E-state index >= 15 is 0 Å². The van der Waals surface area contributed by atoms with Crippen LogP contribution in [0.25, 0.3) is 11.0 Å². The number of carbonyl (C=O) groups excluding carboxylic acids is 2. The summed E-state index contributed by atoms with van der Waals surface area (Å²) in [5.74, 6) is 1.68. The summed E-state index contributed by atoms with van der Waals surface area (Å²) in [4.78, 5) is 38.2. The van der Waals surface area contributed by atoms with E-state index in [1.807, 2.05) is 46.8 Å². The maximum absolute atomic E-state index is 13.1. The molecule has 0 unspecified atom stereocenters. The zero-order chi connectivity index (χ0) is 29.1. The molecule has 2 aromatic carbocycles. The molecule has 2 amide bonds. The van der Waals surface area contributed by atoms with Gasteiger partial charge in [-0.25, -0.2) is 4.98 Å². The van der Waals surface area contributed by atoms with Crippen molar-refractivity contribution in [3.8, 4) is 11.5 Å². The topological polar surface area (TPSA) is 114 Å². The number of anilines is 3. The van der Waals surface area contributed by atoms with Crippen molar-refractivity contribution >= 4 is 40.2 Å². The molecule has 2 N–H and O–H groups in total. The minimum absolute atomic E-state index is 0.172. The number of aromatic nitrogens is 3. The summed E-state index contributed by atoms with van der Waals surface area (Å²) in [6.07, 6.45) is 3.79. The Hall–Kier alpha value is -4.48. The van der Waals surface area contributed by atoms with Crippen molar-refractivity contribution < 1.29 is 19.1 Å². The van der Waals surface area contributed by atoms with Gasteiger partial charge in [0.25, 0.3) is 5.91 Å². The quantitative estimate of drug-likeness (QED) is 0.312. The Morgan fingerprint density at radius 2 is 1.86 bits per heavy atom. The number of ether oxygens (including phenoxy) is 2. The molecule has 11 heteroatoms. The van der Waals surface area contributed by atoms with E-state index in [9.17, 15) is 9.59 Å². The Morgan fingerprint density at radius 3 is 2.69 bits per heavy atom. The first kappa shape index (κ1) is 27.7. The van der Waals surface area contributed by atoms with E-state index in [2.05, 4.69) is 26.6 Å². The predicted octanol–water partition coefficient (Wildman–Crippen LogP) is 3.87. The summed E-state index contributed by atoms with van der Waals surface area (Å²) in [6, 6.07) is 15.1. The number of morpholine rings is 1. The van der Waals surface area contributed by atoms with Crippen molar-refractivity contribution in [2.75, 3.05) is 56.7 Å². The zero-order valence-corrected chi connectivity index (χ0v) is 23.9. The van der Waals surface area contributed by atoms with Crippen molar-refractivity contribution in [2.24, 2.45) is 7.05 Å². The maximum atomic E-state index is 13.1. The van der Waals surface area contributed by atoms with E-state index in [4.69, 9.17) is 14.5 Å². The molecule has 0 aliphatic carbocycles. The fourth-order valence-corrected chi connectivity index (χ4v) is 5.48. The van der Waals surface area contributed by atoms with Crippen LogP contribution in [0, 0.1) is 0 Å². The lowest BCUT2D eigenvalue weighted by atomic mass is 10.1. The first-order chi connectivity index (χ1) is 20.5. The minimum atomic E-state index is -0.279. The standard InChI is InChI=1S/C31H35N7O4/c1-32-30(40)26-20-24(9-11-33-26)42-23-7-8-27-25(19-23)35-31(36(27)2)34-22-6-5-21-10-13-38(28(21)18-22)29(39)4-3-12-37-14-16-41-17-15-37/h5-9,11,18-20H,3-4,10,12-17H2,1-2H3,(H,32,40)(H,34,35). The summed E-state index contributed by atoms with van der Waals surface area (Å²) in [5.41, 5.74) is 5.00. The Kier molecular flexibility index (Phi) is 8.02. The van der Waals surface area contributed by atoms with E-state index in [-0.39, 0.29) is 17.5 Å². The number of imidazole rings is 1. The summed E-state index contributed by atoms with van der Waals surface area (Å²) in [6.45, 7) is 5.07. The van der Waals surface area contributed by atoms with Crippen molar-refractivity contribution in [3.05, 3.63) is 66.0 Å². The number of benzene rings is 2. The van der Waals surface area contributed by atoms with Crippen LogP contribution in [0.3, 0.4) is 0 Å². The maximum Gasteiger partial charge on any atom is 0.269 e. The van der Waals surface area contributed by atoms with Crippen molar-refractivity contribution in [1.82, 2.24) is 24.8 Å². The van der Waals surface area contributed by atoms with E-state index in [1.54, 1.807) is 19.2 Å². The second-order valence-corrected chi connectivity index (χ2v) is 10.5. The molecule has 1 fully saturated rings. The van der Waals surface area contributed by atoms with E-state index in [0.717, 1.165) is 68.1 Å². The molecule has 2 aromatic heterocycles. The van der Waals surface area contributed by atoms with Gasteiger partial charge in [-0.2, -0.15) is 0 Å². The highest BCUT2D eigenvalue weighted by Gasteiger charge is 2.25. The van der Waals surface area contributed by atoms with Gasteiger partial charge in [0.2, 0.25) is 11.9 Å².